The highest BCUT2D eigenvalue weighted by molar-refractivity contribution is 7.89. The number of anilines is 1. The molecule has 0 atom stereocenters. The molecular formula is C23H28N4O2S. The molecule has 7 heteroatoms. The molecule has 6 nitrogen and oxygen atoms in total. The first-order valence-corrected chi connectivity index (χ1v) is 12.3. The van der Waals surface area contributed by atoms with Crippen LogP contribution >= 0.6 is 0 Å². The van der Waals surface area contributed by atoms with Crippen LogP contribution in [0.2, 0.25) is 0 Å². The number of hydrogen-bond donors (Lipinski definition) is 2. The molecule has 2 saturated carbocycles. The number of aromatic nitrogens is 2. The van der Waals surface area contributed by atoms with Gasteiger partial charge in [0.1, 0.15) is 4.90 Å². The van der Waals surface area contributed by atoms with Crippen LogP contribution in [0.15, 0.2) is 41.4 Å². The van der Waals surface area contributed by atoms with Gasteiger partial charge < -0.3 is 10.3 Å². The van der Waals surface area contributed by atoms with Crippen LogP contribution in [0.3, 0.4) is 0 Å². The van der Waals surface area contributed by atoms with Crippen molar-refractivity contribution in [3.05, 3.63) is 42.1 Å². The van der Waals surface area contributed by atoms with E-state index in [0.29, 0.717) is 17.7 Å². The predicted molar refractivity (Wildman–Crippen MR) is 120 cm³/mol. The Balaban J connectivity index is 1.62. The van der Waals surface area contributed by atoms with Crippen molar-refractivity contribution in [3.63, 3.8) is 0 Å². The zero-order chi connectivity index (χ0) is 21.0. The number of nitrogens with two attached hydrogens (primary N) is 1. The number of fused-ring (bicyclic) bond motifs is 1. The number of pyridine rings is 1. The molecule has 0 radical (unpaired) electrons. The summed E-state index contributed by atoms with van der Waals surface area (Å²) in [5.41, 5.74) is 11.5. The largest absolute Gasteiger partial charge is 0.396 e. The van der Waals surface area contributed by atoms with E-state index in [1.165, 1.54) is 31.0 Å². The molecule has 0 saturated heterocycles. The van der Waals surface area contributed by atoms with Gasteiger partial charge >= 0.3 is 0 Å². The Morgan fingerprint density at radius 3 is 2.47 bits per heavy atom. The third-order valence-electron chi connectivity index (χ3n) is 6.24. The molecule has 5 rings (SSSR count). The lowest BCUT2D eigenvalue weighted by Crippen LogP contribution is -2.30. The van der Waals surface area contributed by atoms with E-state index in [-0.39, 0.29) is 10.9 Å². The van der Waals surface area contributed by atoms with E-state index in [4.69, 9.17) is 5.73 Å². The topological polar surface area (TPSA) is 90.0 Å². The lowest BCUT2D eigenvalue weighted by atomic mass is 9.92. The average molecular weight is 425 g/mol. The van der Waals surface area contributed by atoms with E-state index < -0.39 is 10.0 Å². The summed E-state index contributed by atoms with van der Waals surface area (Å²) in [5.74, 6) is 0.667. The van der Waals surface area contributed by atoms with E-state index >= 15 is 0 Å². The van der Waals surface area contributed by atoms with Crippen LogP contribution in [0, 0.1) is 0 Å². The minimum atomic E-state index is -3.57. The molecule has 0 spiro atoms. The lowest BCUT2D eigenvalue weighted by Gasteiger charge is -2.30. The quantitative estimate of drug-likeness (QED) is 0.606. The normalized spacial score (nSPS) is 17.6. The molecule has 1 aromatic carbocycles. The monoisotopic (exact) mass is 424 g/mol. The van der Waals surface area contributed by atoms with Crippen LogP contribution in [-0.2, 0) is 10.0 Å². The first-order chi connectivity index (χ1) is 14.3. The highest BCUT2D eigenvalue weighted by Crippen LogP contribution is 2.46. The van der Waals surface area contributed by atoms with Crippen LogP contribution in [-0.4, -0.2) is 24.0 Å². The van der Waals surface area contributed by atoms with Gasteiger partial charge in [0.25, 0.3) is 0 Å². The molecular weight excluding hydrogens is 396 g/mol. The van der Waals surface area contributed by atoms with Crippen molar-refractivity contribution >= 4 is 26.6 Å². The second-order valence-electron chi connectivity index (χ2n) is 8.92. The Morgan fingerprint density at radius 2 is 1.90 bits per heavy atom. The van der Waals surface area contributed by atoms with Crippen LogP contribution in [0.5, 0.6) is 0 Å². The number of nitrogens with zero attached hydrogens (tertiary/aromatic N) is 2. The van der Waals surface area contributed by atoms with Crippen molar-refractivity contribution in [2.45, 2.75) is 68.8 Å². The van der Waals surface area contributed by atoms with Gasteiger partial charge in [-0.25, -0.2) is 13.1 Å². The Hall–Kier alpha value is -2.38. The average Bonchev–Trinajstić information content (AvgIpc) is 3.46. The Labute approximate surface area is 177 Å². The predicted octanol–water partition coefficient (Wildman–Crippen LogP) is 4.57. The molecule has 2 heterocycles. The first-order valence-electron chi connectivity index (χ1n) is 10.8. The summed E-state index contributed by atoms with van der Waals surface area (Å²) in [4.78, 5) is 4.70. The van der Waals surface area contributed by atoms with Crippen molar-refractivity contribution in [3.8, 4) is 11.4 Å². The zero-order valence-corrected chi connectivity index (χ0v) is 18.2. The van der Waals surface area contributed by atoms with Crippen LogP contribution in [0.4, 0.5) is 5.69 Å². The maximum Gasteiger partial charge on any atom is 0.242 e. The van der Waals surface area contributed by atoms with Crippen LogP contribution in [0.25, 0.3) is 22.3 Å². The van der Waals surface area contributed by atoms with Crippen molar-refractivity contribution < 1.29 is 8.42 Å². The standard InChI is InChI=1S/C23H28N4O2S/c1-14(2)26-30(28,29)18-9-10-20(25-13-18)23-22(24)19-12-16(15-6-7-15)8-11-21(19)27(23)17-4-3-5-17/h8-15,17,26H,3-7,24H2,1-2H3. The summed E-state index contributed by atoms with van der Waals surface area (Å²) in [6.45, 7) is 3.60. The molecule has 0 aliphatic heterocycles. The van der Waals surface area contributed by atoms with Gasteiger partial charge in [-0.2, -0.15) is 0 Å². The van der Waals surface area contributed by atoms with Crippen LogP contribution < -0.4 is 10.5 Å². The second-order valence-corrected chi connectivity index (χ2v) is 10.6. The minimum absolute atomic E-state index is 0.167. The minimum Gasteiger partial charge on any atom is -0.396 e. The maximum atomic E-state index is 12.5. The van der Waals surface area contributed by atoms with Gasteiger partial charge in [0.05, 0.1) is 22.6 Å². The molecule has 30 heavy (non-hydrogen) atoms. The van der Waals surface area contributed by atoms with Gasteiger partial charge in [0.2, 0.25) is 10.0 Å². The maximum absolute atomic E-state index is 12.5. The summed E-state index contributed by atoms with van der Waals surface area (Å²) in [5, 5.41) is 1.08. The fraction of sp³-hybridized carbons (Fsp3) is 0.435. The Bertz CT molecular complexity index is 1200. The molecule has 0 bridgehead atoms. The molecule has 2 aliphatic rings. The van der Waals surface area contributed by atoms with Gasteiger partial charge in [-0.1, -0.05) is 6.07 Å². The number of rotatable bonds is 6. The molecule has 0 unspecified atom stereocenters. The molecule has 2 aliphatic carbocycles. The molecule has 2 fully saturated rings. The second kappa shape index (κ2) is 7.10. The molecule has 158 valence electrons. The summed E-state index contributed by atoms with van der Waals surface area (Å²) in [6.07, 6.45) is 7.41. The third kappa shape index (κ3) is 3.30. The Morgan fingerprint density at radius 1 is 1.13 bits per heavy atom. The fourth-order valence-electron chi connectivity index (χ4n) is 4.37. The molecule has 3 N–H and O–H groups in total. The van der Waals surface area contributed by atoms with Crippen molar-refractivity contribution in [2.75, 3.05) is 5.73 Å². The van der Waals surface area contributed by atoms with Crippen molar-refractivity contribution in [1.82, 2.24) is 14.3 Å². The van der Waals surface area contributed by atoms with E-state index in [1.807, 2.05) is 0 Å². The van der Waals surface area contributed by atoms with E-state index in [1.54, 1.807) is 26.0 Å². The lowest BCUT2D eigenvalue weighted by molar-refractivity contribution is 0.324. The van der Waals surface area contributed by atoms with Gasteiger partial charge in [-0.05, 0) is 81.7 Å². The first kappa shape index (κ1) is 19.6. The molecule has 0 amide bonds. The molecule has 2 aromatic heterocycles. The highest BCUT2D eigenvalue weighted by Gasteiger charge is 2.29. The summed E-state index contributed by atoms with van der Waals surface area (Å²) >= 11 is 0. The van der Waals surface area contributed by atoms with Gasteiger partial charge in [0, 0.05) is 23.7 Å². The van der Waals surface area contributed by atoms with Gasteiger partial charge in [0.15, 0.2) is 0 Å². The van der Waals surface area contributed by atoms with E-state index in [0.717, 1.165) is 35.1 Å². The van der Waals surface area contributed by atoms with Crippen LogP contribution in [0.1, 0.15) is 63.5 Å². The summed E-state index contributed by atoms with van der Waals surface area (Å²) in [6, 6.07) is 10.3. The number of hydrogen-bond acceptors (Lipinski definition) is 4. The Kier molecular flexibility index (Phi) is 4.63. The highest BCUT2D eigenvalue weighted by atomic mass is 32.2. The number of nitrogens with one attached hydrogen (secondary N) is 1. The van der Waals surface area contributed by atoms with E-state index in [9.17, 15) is 8.42 Å². The molecule has 3 aromatic rings. The fourth-order valence-corrected chi connectivity index (χ4v) is 5.57. The van der Waals surface area contributed by atoms with Crippen molar-refractivity contribution in [2.24, 2.45) is 0 Å². The number of benzene rings is 1. The van der Waals surface area contributed by atoms with Crippen molar-refractivity contribution in [1.29, 1.82) is 0 Å². The third-order valence-corrected chi connectivity index (χ3v) is 7.88. The number of sulfonamides is 1. The zero-order valence-electron chi connectivity index (χ0n) is 17.4. The van der Waals surface area contributed by atoms with Gasteiger partial charge in [-0.15, -0.1) is 0 Å². The number of nitrogen functional groups attached to an aromatic ring is 1. The summed E-state index contributed by atoms with van der Waals surface area (Å²) in [7, 11) is -3.57. The SMILES string of the molecule is CC(C)NS(=O)(=O)c1ccc(-c2c(N)c3cc(C4CC4)ccc3n2C2CCC2)nc1. The van der Waals surface area contributed by atoms with E-state index in [2.05, 4.69) is 32.5 Å². The summed E-state index contributed by atoms with van der Waals surface area (Å²) < 4.78 is 29.8. The smallest absolute Gasteiger partial charge is 0.242 e. The van der Waals surface area contributed by atoms with Gasteiger partial charge in [-0.3, -0.25) is 4.98 Å².